The number of rotatable bonds is 10. The third-order valence-electron chi connectivity index (χ3n) is 6.38. The molecule has 0 aliphatic heterocycles. The van der Waals surface area contributed by atoms with Gasteiger partial charge in [0.15, 0.2) is 5.82 Å². The summed E-state index contributed by atoms with van der Waals surface area (Å²) in [7, 11) is 0.220. The van der Waals surface area contributed by atoms with Crippen molar-refractivity contribution in [2.45, 2.75) is 37.0 Å². The van der Waals surface area contributed by atoms with Crippen LogP contribution in [0.25, 0.3) is 5.69 Å². The first kappa shape index (κ1) is 26.6. The Morgan fingerprint density at radius 2 is 1.78 bits per heavy atom. The lowest BCUT2D eigenvalue weighted by atomic mass is 9.74. The van der Waals surface area contributed by atoms with Crippen LogP contribution < -0.4 is 14.2 Å². The van der Waals surface area contributed by atoms with Crippen molar-refractivity contribution in [2.75, 3.05) is 26.1 Å². The molecule has 0 bridgehead atoms. The first-order valence-electron chi connectivity index (χ1n) is 11.3. The zero-order valence-corrected chi connectivity index (χ0v) is 22.2. The topological polar surface area (TPSA) is 154 Å². The molecule has 0 spiro atoms. The molecular weight excluding hydrogens is 522 g/mol. The summed E-state index contributed by atoms with van der Waals surface area (Å²) in [5, 5.41) is 17.2. The van der Waals surface area contributed by atoms with Gasteiger partial charge in [0, 0.05) is 25.4 Å². The molecule has 4 atom stereocenters. The Balaban J connectivity index is 1.79. The number of methoxy groups -OCH3 is 3. The predicted octanol–water partition coefficient (Wildman–Crippen LogP) is 3.26. The van der Waals surface area contributed by atoms with E-state index in [1.165, 1.54) is 45.2 Å². The molecule has 1 N–H and O–H groups in total. The smallest absolute Gasteiger partial charge is 0.243 e. The fourth-order valence-electron chi connectivity index (χ4n) is 4.20. The zero-order valence-electron chi connectivity index (χ0n) is 20.6. The van der Waals surface area contributed by atoms with Gasteiger partial charge in [0.25, 0.3) is 0 Å². The molecule has 1 fully saturated rings. The van der Waals surface area contributed by atoms with Gasteiger partial charge < -0.3 is 14.2 Å². The first-order valence-corrected chi connectivity index (χ1v) is 13.3. The van der Waals surface area contributed by atoms with Gasteiger partial charge in [-0.25, -0.2) is 18.4 Å². The van der Waals surface area contributed by atoms with E-state index in [-0.39, 0.29) is 23.6 Å². The summed E-state index contributed by atoms with van der Waals surface area (Å²) < 4.78 is 47.7. The highest BCUT2D eigenvalue weighted by atomic mass is 35.5. The van der Waals surface area contributed by atoms with Crippen molar-refractivity contribution in [3.8, 4) is 23.3 Å². The van der Waals surface area contributed by atoms with Crippen molar-refractivity contribution in [3.63, 3.8) is 0 Å². The number of anilines is 1. The highest BCUT2D eigenvalue weighted by Crippen LogP contribution is 2.45. The van der Waals surface area contributed by atoms with Gasteiger partial charge in [-0.2, -0.15) is 5.26 Å². The van der Waals surface area contributed by atoms with Crippen molar-refractivity contribution >= 4 is 27.6 Å². The molecule has 2 heterocycles. The van der Waals surface area contributed by atoms with Gasteiger partial charge in [-0.3, -0.25) is 9.29 Å². The molecule has 0 radical (unpaired) electrons. The number of para-hydroxylation sites is 1. The maximum atomic E-state index is 13.5. The minimum atomic E-state index is -4.13. The summed E-state index contributed by atoms with van der Waals surface area (Å²) in [6.45, 7) is 1.47. The van der Waals surface area contributed by atoms with Crippen LogP contribution in [0.2, 0.25) is 5.02 Å². The van der Waals surface area contributed by atoms with Gasteiger partial charge >= 0.3 is 0 Å². The van der Waals surface area contributed by atoms with Crippen molar-refractivity contribution in [3.05, 3.63) is 47.3 Å². The van der Waals surface area contributed by atoms with Gasteiger partial charge in [0.1, 0.15) is 34.4 Å². The summed E-state index contributed by atoms with van der Waals surface area (Å²) in [4.78, 5) is 8.22. The number of aromatic nitrogens is 5. The van der Waals surface area contributed by atoms with Crippen LogP contribution in [0.4, 0.5) is 5.95 Å². The van der Waals surface area contributed by atoms with Crippen LogP contribution in [0.5, 0.6) is 11.5 Å². The number of nitrogens with one attached hydrogen (secondary N) is 1. The average molecular weight is 548 g/mol. The summed E-state index contributed by atoms with van der Waals surface area (Å²) in [6, 6.07) is 7.45. The van der Waals surface area contributed by atoms with E-state index in [1.807, 2.05) is 0 Å². The third-order valence-corrected chi connectivity index (χ3v) is 8.27. The van der Waals surface area contributed by atoms with Gasteiger partial charge in [-0.1, -0.05) is 17.7 Å². The summed E-state index contributed by atoms with van der Waals surface area (Å²) >= 11 is 5.87. The molecule has 1 saturated carbocycles. The minimum Gasteiger partial charge on any atom is -0.494 e. The van der Waals surface area contributed by atoms with Crippen LogP contribution in [0.15, 0.2) is 30.6 Å². The molecule has 0 unspecified atom stereocenters. The van der Waals surface area contributed by atoms with E-state index in [1.54, 1.807) is 18.2 Å². The van der Waals surface area contributed by atoms with E-state index in [9.17, 15) is 13.7 Å². The van der Waals surface area contributed by atoms with Crippen molar-refractivity contribution in [2.24, 2.45) is 5.92 Å². The lowest BCUT2D eigenvalue weighted by Crippen LogP contribution is -2.33. The molecule has 0 saturated heterocycles. The Kier molecular flexibility index (Phi) is 7.82. The van der Waals surface area contributed by atoms with Gasteiger partial charge in [-0.15, -0.1) is 10.2 Å². The number of halogens is 1. The Labute approximate surface area is 219 Å². The molecular formula is C23H26ClN7O5S. The molecule has 0 amide bonds. The van der Waals surface area contributed by atoms with Crippen LogP contribution in [0, 0.1) is 17.2 Å². The fourth-order valence-corrected chi connectivity index (χ4v) is 5.43. The second-order valence-corrected chi connectivity index (χ2v) is 10.9. The Hall–Kier alpha value is -3.47. The van der Waals surface area contributed by atoms with E-state index < -0.39 is 21.4 Å². The number of hydrogen-bond donors (Lipinski definition) is 1. The standard InChI is InChI=1S/C23H26ClN7O5S/c1-13(20(36-4)21-26-11-15(24)12-27-21)37(32,33)30-23-29-28-22(16-9-8-14(16)10-25)31(23)19-17(34-2)6-5-7-18(19)35-3/h5-7,11-14,16,20H,8-9H2,1-4H3,(H,29,30)/t13-,14-,16+,20-/m0/s1. The van der Waals surface area contributed by atoms with E-state index in [0.717, 1.165) is 0 Å². The summed E-state index contributed by atoms with van der Waals surface area (Å²) in [5.74, 6) is 0.807. The molecule has 4 rings (SSSR count). The molecule has 2 aromatic heterocycles. The van der Waals surface area contributed by atoms with E-state index in [4.69, 9.17) is 25.8 Å². The second kappa shape index (κ2) is 10.9. The third kappa shape index (κ3) is 5.04. The predicted molar refractivity (Wildman–Crippen MR) is 134 cm³/mol. The lowest BCUT2D eigenvalue weighted by Gasteiger charge is -2.31. The minimum absolute atomic E-state index is 0.0832. The molecule has 37 heavy (non-hydrogen) atoms. The van der Waals surface area contributed by atoms with Gasteiger partial charge in [-0.05, 0) is 31.9 Å². The SMILES string of the molecule is COc1cccc(OC)c1-n1c(NS(=O)(=O)[C@@H](C)[C@H](OC)c2ncc(Cl)cn2)nnc1[C@@H]1CC[C@H]1C#N. The number of hydrogen-bond acceptors (Lipinski definition) is 10. The van der Waals surface area contributed by atoms with Crippen LogP contribution in [-0.2, 0) is 14.8 Å². The summed E-state index contributed by atoms with van der Waals surface area (Å²) in [5.41, 5.74) is 0.408. The Bertz CT molecular complexity index is 1390. The fraction of sp³-hybridized carbons (Fsp3) is 0.435. The molecule has 1 aliphatic carbocycles. The van der Waals surface area contributed by atoms with Crippen LogP contribution in [0.1, 0.15) is 43.4 Å². The molecule has 1 aliphatic rings. The van der Waals surface area contributed by atoms with Gasteiger partial charge in [0.2, 0.25) is 16.0 Å². The molecule has 12 nitrogen and oxygen atoms in total. The molecule has 14 heteroatoms. The number of nitriles is 1. The van der Waals surface area contributed by atoms with E-state index >= 15 is 0 Å². The van der Waals surface area contributed by atoms with Crippen LogP contribution in [-0.4, -0.2) is 59.7 Å². The molecule has 3 aromatic rings. The average Bonchev–Trinajstić information content (AvgIpc) is 3.25. The van der Waals surface area contributed by atoms with Crippen LogP contribution >= 0.6 is 11.6 Å². The molecule has 1 aromatic carbocycles. The second-order valence-electron chi connectivity index (χ2n) is 8.42. The van der Waals surface area contributed by atoms with E-state index in [2.05, 4.69) is 31.0 Å². The zero-order chi connectivity index (χ0) is 26.7. The monoisotopic (exact) mass is 547 g/mol. The number of nitrogens with zero attached hydrogens (tertiary/aromatic N) is 6. The maximum absolute atomic E-state index is 13.5. The number of benzene rings is 1. The Morgan fingerprint density at radius 1 is 1.14 bits per heavy atom. The molecule has 196 valence electrons. The largest absolute Gasteiger partial charge is 0.494 e. The van der Waals surface area contributed by atoms with Crippen molar-refractivity contribution in [1.29, 1.82) is 5.26 Å². The van der Waals surface area contributed by atoms with E-state index in [0.29, 0.717) is 40.9 Å². The van der Waals surface area contributed by atoms with Crippen molar-refractivity contribution < 1.29 is 22.6 Å². The first-order chi connectivity index (χ1) is 17.7. The van der Waals surface area contributed by atoms with Crippen LogP contribution in [0.3, 0.4) is 0 Å². The highest BCUT2D eigenvalue weighted by molar-refractivity contribution is 7.93. The number of ether oxygens (including phenoxy) is 3. The summed E-state index contributed by atoms with van der Waals surface area (Å²) in [6.07, 6.45) is 3.15. The highest BCUT2D eigenvalue weighted by Gasteiger charge is 2.39. The van der Waals surface area contributed by atoms with Gasteiger partial charge in [0.05, 0.1) is 31.2 Å². The van der Waals surface area contributed by atoms with Crippen molar-refractivity contribution in [1.82, 2.24) is 24.7 Å². The quantitative estimate of drug-likeness (QED) is 0.400. The maximum Gasteiger partial charge on any atom is 0.243 e. The number of sulfonamides is 1. The Morgan fingerprint density at radius 3 is 2.30 bits per heavy atom. The normalized spacial score (nSPS) is 18.8. The lowest BCUT2D eigenvalue weighted by molar-refractivity contribution is 0.0950.